The van der Waals surface area contributed by atoms with Crippen molar-refractivity contribution in [2.24, 2.45) is 11.5 Å². The lowest BCUT2D eigenvalue weighted by atomic mass is 10.0. The zero-order valence-electron chi connectivity index (χ0n) is 17.5. The Bertz CT molecular complexity index is 897. The largest absolute Gasteiger partial charge is 0.480 e. The van der Waals surface area contributed by atoms with Crippen molar-refractivity contribution in [1.29, 1.82) is 0 Å². The Hall–Kier alpha value is -2.95. The van der Waals surface area contributed by atoms with E-state index in [2.05, 4.69) is 15.6 Å². The van der Waals surface area contributed by atoms with E-state index in [0.29, 0.717) is 19.4 Å². The Morgan fingerprint density at radius 3 is 2.48 bits per heavy atom. The van der Waals surface area contributed by atoms with Crippen molar-refractivity contribution in [3.63, 3.8) is 0 Å². The maximum atomic E-state index is 12.7. The van der Waals surface area contributed by atoms with Gasteiger partial charge in [0.05, 0.1) is 12.1 Å². The molecule has 0 radical (unpaired) electrons. The van der Waals surface area contributed by atoms with Gasteiger partial charge in [-0.25, -0.2) is 4.79 Å². The molecular formula is C21H31N5O5. The smallest absolute Gasteiger partial charge is 0.328 e. The van der Waals surface area contributed by atoms with Crippen LogP contribution in [0.2, 0.25) is 0 Å². The number of para-hydroxylation sites is 1. The molecule has 170 valence electrons. The van der Waals surface area contributed by atoms with Crippen LogP contribution in [-0.2, 0) is 20.8 Å². The standard InChI is InChI=1S/C21H31N5O5/c1-12(27)18(21(30)31)26-20(29)17(8-4-5-9-22)25-19(28)15(23)10-13-11-24-16-7-3-2-6-14(13)16/h2-3,6-7,11-12,15,17-18,24,27H,4-5,8-10,22-23H2,1H3,(H,25,28)(H,26,29)(H,30,31)/t12-,15+,17+,18+/m1/s1. The summed E-state index contributed by atoms with van der Waals surface area (Å²) in [5.74, 6) is -2.59. The van der Waals surface area contributed by atoms with E-state index in [4.69, 9.17) is 11.5 Å². The van der Waals surface area contributed by atoms with Gasteiger partial charge >= 0.3 is 5.97 Å². The highest BCUT2D eigenvalue weighted by molar-refractivity contribution is 5.92. The van der Waals surface area contributed by atoms with Gasteiger partial charge < -0.3 is 37.3 Å². The molecule has 9 N–H and O–H groups in total. The van der Waals surface area contributed by atoms with Gasteiger partial charge in [-0.1, -0.05) is 18.2 Å². The lowest BCUT2D eigenvalue weighted by Gasteiger charge is -2.24. The van der Waals surface area contributed by atoms with Gasteiger partial charge in [0.15, 0.2) is 6.04 Å². The van der Waals surface area contributed by atoms with Crippen LogP contribution in [0, 0.1) is 0 Å². The molecule has 1 heterocycles. The average Bonchev–Trinajstić information content (AvgIpc) is 3.13. The molecule has 1 aromatic heterocycles. The van der Waals surface area contributed by atoms with Crippen LogP contribution in [0.15, 0.2) is 30.5 Å². The summed E-state index contributed by atoms with van der Waals surface area (Å²) < 4.78 is 0. The predicted octanol–water partition coefficient (Wildman–Crippen LogP) is -0.398. The number of aromatic nitrogens is 1. The molecule has 0 saturated heterocycles. The molecule has 10 heteroatoms. The molecule has 0 unspecified atom stereocenters. The van der Waals surface area contributed by atoms with Gasteiger partial charge in [-0.2, -0.15) is 0 Å². The maximum absolute atomic E-state index is 12.7. The molecule has 10 nitrogen and oxygen atoms in total. The molecule has 2 amide bonds. The number of aliphatic hydroxyl groups is 1. The number of amides is 2. The van der Waals surface area contributed by atoms with E-state index in [1.807, 2.05) is 24.3 Å². The fourth-order valence-electron chi connectivity index (χ4n) is 3.31. The lowest BCUT2D eigenvalue weighted by Crippen LogP contribution is -2.56. The second-order valence-corrected chi connectivity index (χ2v) is 7.58. The Labute approximate surface area is 180 Å². The first-order valence-electron chi connectivity index (χ1n) is 10.3. The quantitative estimate of drug-likeness (QED) is 0.222. The highest BCUT2D eigenvalue weighted by Gasteiger charge is 2.30. The summed E-state index contributed by atoms with van der Waals surface area (Å²) in [6.45, 7) is 1.69. The fraction of sp³-hybridized carbons (Fsp3) is 0.476. The number of fused-ring (bicyclic) bond motifs is 1. The van der Waals surface area contributed by atoms with E-state index < -0.39 is 42.0 Å². The Balaban J connectivity index is 2.06. The summed E-state index contributed by atoms with van der Waals surface area (Å²) in [6.07, 6.45) is 2.22. The summed E-state index contributed by atoms with van der Waals surface area (Å²) in [5.41, 5.74) is 13.4. The molecule has 2 rings (SSSR count). The van der Waals surface area contributed by atoms with Crippen LogP contribution >= 0.6 is 0 Å². The SMILES string of the molecule is C[C@@H](O)[C@H](NC(=O)[C@H](CCCCN)NC(=O)[C@@H](N)Cc1c[nH]c2ccccc12)C(=O)O. The average molecular weight is 434 g/mol. The molecule has 0 fully saturated rings. The van der Waals surface area contributed by atoms with Crippen LogP contribution in [0.3, 0.4) is 0 Å². The van der Waals surface area contributed by atoms with Gasteiger partial charge in [0.2, 0.25) is 11.8 Å². The van der Waals surface area contributed by atoms with Gasteiger partial charge in [-0.05, 0) is 50.8 Å². The molecule has 0 spiro atoms. The zero-order valence-corrected chi connectivity index (χ0v) is 17.5. The summed E-state index contributed by atoms with van der Waals surface area (Å²) >= 11 is 0. The highest BCUT2D eigenvalue weighted by atomic mass is 16.4. The van der Waals surface area contributed by atoms with Crippen LogP contribution in [0.4, 0.5) is 0 Å². The van der Waals surface area contributed by atoms with Crippen LogP contribution in [0.1, 0.15) is 31.7 Å². The normalized spacial score (nSPS) is 15.1. The van der Waals surface area contributed by atoms with E-state index in [-0.39, 0.29) is 12.8 Å². The number of unbranched alkanes of at least 4 members (excludes halogenated alkanes) is 1. The number of nitrogens with two attached hydrogens (primary N) is 2. The number of rotatable bonds is 12. The third-order valence-corrected chi connectivity index (χ3v) is 5.08. The highest BCUT2D eigenvalue weighted by Crippen LogP contribution is 2.18. The number of carboxylic acid groups (broad SMARTS) is 1. The minimum atomic E-state index is -1.48. The summed E-state index contributed by atoms with van der Waals surface area (Å²) in [6, 6.07) is 4.26. The number of aliphatic carboxylic acids is 1. The number of carbonyl (C=O) groups is 3. The molecule has 0 aliphatic carbocycles. The first-order chi connectivity index (χ1) is 14.7. The molecule has 1 aromatic carbocycles. The summed E-state index contributed by atoms with van der Waals surface area (Å²) in [5, 5.41) is 24.6. The van der Waals surface area contributed by atoms with Gasteiger partial charge in [0, 0.05) is 17.1 Å². The maximum Gasteiger partial charge on any atom is 0.328 e. The van der Waals surface area contributed by atoms with E-state index >= 15 is 0 Å². The van der Waals surface area contributed by atoms with Crippen molar-refractivity contribution in [1.82, 2.24) is 15.6 Å². The second-order valence-electron chi connectivity index (χ2n) is 7.58. The lowest BCUT2D eigenvalue weighted by molar-refractivity contribution is -0.145. The van der Waals surface area contributed by atoms with Crippen molar-refractivity contribution in [2.45, 2.75) is 56.8 Å². The number of H-pyrrole nitrogens is 1. The monoisotopic (exact) mass is 433 g/mol. The van der Waals surface area contributed by atoms with Crippen molar-refractivity contribution < 1.29 is 24.6 Å². The number of nitrogens with one attached hydrogen (secondary N) is 3. The Morgan fingerprint density at radius 2 is 1.84 bits per heavy atom. The van der Waals surface area contributed by atoms with Gasteiger partial charge in [-0.15, -0.1) is 0 Å². The third-order valence-electron chi connectivity index (χ3n) is 5.08. The molecule has 2 aromatic rings. The fourth-order valence-corrected chi connectivity index (χ4v) is 3.31. The van der Waals surface area contributed by atoms with Crippen LogP contribution in [-0.4, -0.2) is 63.8 Å². The van der Waals surface area contributed by atoms with Gasteiger partial charge in [-0.3, -0.25) is 9.59 Å². The van der Waals surface area contributed by atoms with E-state index in [1.165, 1.54) is 6.92 Å². The van der Waals surface area contributed by atoms with Gasteiger partial charge in [0.25, 0.3) is 0 Å². The summed E-state index contributed by atoms with van der Waals surface area (Å²) in [7, 11) is 0. The molecule has 0 aliphatic heterocycles. The van der Waals surface area contributed by atoms with E-state index in [1.54, 1.807) is 6.20 Å². The van der Waals surface area contributed by atoms with Gasteiger partial charge in [0.1, 0.15) is 6.04 Å². The zero-order chi connectivity index (χ0) is 23.0. The minimum absolute atomic E-state index is 0.262. The van der Waals surface area contributed by atoms with Crippen molar-refractivity contribution in [2.75, 3.05) is 6.54 Å². The third kappa shape index (κ3) is 6.78. The van der Waals surface area contributed by atoms with Crippen molar-refractivity contribution in [3.05, 3.63) is 36.0 Å². The molecule has 0 bridgehead atoms. The number of aliphatic hydroxyl groups excluding tert-OH is 1. The number of carboxylic acids is 1. The number of aromatic amines is 1. The van der Waals surface area contributed by atoms with Crippen molar-refractivity contribution in [3.8, 4) is 0 Å². The number of hydrogen-bond donors (Lipinski definition) is 7. The number of carbonyl (C=O) groups excluding carboxylic acids is 2. The van der Waals surface area contributed by atoms with Crippen LogP contribution in [0.5, 0.6) is 0 Å². The second kappa shape index (κ2) is 11.4. The number of hydrogen-bond acceptors (Lipinski definition) is 6. The molecule has 0 saturated carbocycles. The Morgan fingerprint density at radius 1 is 1.13 bits per heavy atom. The van der Waals surface area contributed by atoms with E-state index in [9.17, 15) is 24.6 Å². The predicted molar refractivity (Wildman–Crippen MR) is 116 cm³/mol. The van der Waals surface area contributed by atoms with E-state index in [0.717, 1.165) is 16.5 Å². The number of benzene rings is 1. The topological polar surface area (TPSA) is 184 Å². The molecule has 31 heavy (non-hydrogen) atoms. The first kappa shape index (κ1) is 24.3. The Kier molecular flexibility index (Phi) is 8.98. The molecule has 4 atom stereocenters. The van der Waals surface area contributed by atoms with Crippen LogP contribution in [0.25, 0.3) is 10.9 Å². The molecule has 0 aliphatic rings. The minimum Gasteiger partial charge on any atom is -0.480 e. The molecular weight excluding hydrogens is 402 g/mol. The van der Waals surface area contributed by atoms with Crippen molar-refractivity contribution >= 4 is 28.7 Å². The first-order valence-corrected chi connectivity index (χ1v) is 10.3. The van der Waals surface area contributed by atoms with Crippen LogP contribution < -0.4 is 22.1 Å². The summed E-state index contributed by atoms with van der Waals surface area (Å²) in [4.78, 5) is 39.7.